The SMILES string of the molecule is O=S(=O)(c1cc(C(F)(F)F)ccc1Cl)N(CCO)Cc1ccccc1. The number of hydrogen-bond donors (Lipinski definition) is 1. The molecule has 0 bridgehead atoms. The van der Waals surface area contributed by atoms with Crippen molar-refractivity contribution in [2.75, 3.05) is 13.2 Å². The van der Waals surface area contributed by atoms with Crippen LogP contribution < -0.4 is 0 Å². The Morgan fingerprint density at radius 2 is 1.72 bits per heavy atom. The zero-order chi connectivity index (χ0) is 18.7. The summed E-state index contributed by atoms with van der Waals surface area (Å²) in [7, 11) is -4.33. The molecule has 9 heteroatoms. The van der Waals surface area contributed by atoms with Crippen molar-refractivity contribution in [3.8, 4) is 0 Å². The third kappa shape index (κ3) is 4.72. The van der Waals surface area contributed by atoms with E-state index in [0.717, 1.165) is 16.4 Å². The topological polar surface area (TPSA) is 57.6 Å². The zero-order valence-electron chi connectivity index (χ0n) is 12.9. The third-order valence-corrected chi connectivity index (χ3v) is 5.75. The first-order chi connectivity index (χ1) is 11.7. The number of aliphatic hydroxyl groups excluding tert-OH is 1. The third-order valence-electron chi connectivity index (χ3n) is 3.43. The van der Waals surface area contributed by atoms with Gasteiger partial charge in [-0.3, -0.25) is 0 Å². The second-order valence-corrected chi connectivity index (χ2v) is 7.50. The first-order valence-electron chi connectivity index (χ1n) is 7.18. The van der Waals surface area contributed by atoms with E-state index in [1.165, 1.54) is 0 Å². The van der Waals surface area contributed by atoms with Gasteiger partial charge in [-0.25, -0.2) is 8.42 Å². The van der Waals surface area contributed by atoms with Gasteiger partial charge in [0.2, 0.25) is 10.0 Å². The van der Waals surface area contributed by atoms with Crippen molar-refractivity contribution in [1.29, 1.82) is 0 Å². The molecule has 0 aromatic heterocycles. The Hall–Kier alpha value is -1.61. The maximum absolute atomic E-state index is 12.9. The minimum atomic E-state index is -4.70. The van der Waals surface area contributed by atoms with Gasteiger partial charge in [0.05, 0.1) is 17.2 Å². The van der Waals surface area contributed by atoms with Crippen LogP contribution in [-0.4, -0.2) is 31.0 Å². The standard InChI is InChI=1S/C16H15ClF3NO3S/c17-14-7-6-13(16(18,19)20)10-15(14)25(23,24)21(8-9-22)11-12-4-2-1-3-5-12/h1-7,10,22H,8-9,11H2. The number of aliphatic hydroxyl groups is 1. The molecule has 136 valence electrons. The first kappa shape index (κ1) is 19.7. The Labute approximate surface area is 148 Å². The van der Waals surface area contributed by atoms with Gasteiger partial charge in [-0.2, -0.15) is 17.5 Å². The molecule has 4 nitrogen and oxygen atoms in total. The van der Waals surface area contributed by atoms with E-state index < -0.39 is 33.3 Å². The molecule has 2 aromatic rings. The lowest BCUT2D eigenvalue weighted by atomic mass is 10.2. The monoisotopic (exact) mass is 393 g/mol. The van der Waals surface area contributed by atoms with Gasteiger partial charge >= 0.3 is 6.18 Å². The Balaban J connectivity index is 2.46. The molecule has 2 rings (SSSR count). The average Bonchev–Trinajstić information content (AvgIpc) is 2.54. The zero-order valence-corrected chi connectivity index (χ0v) is 14.4. The molecule has 0 heterocycles. The normalized spacial score (nSPS) is 12.6. The van der Waals surface area contributed by atoms with Crippen LogP contribution in [0.4, 0.5) is 13.2 Å². The second-order valence-electron chi connectivity index (χ2n) is 5.19. The van der Waals surface area contributed by atoms with Crippen molar-refractivity contribution < 1.29 is 26.7 Å². The molecule has 0 spiro atoms. The first-order valence-corrected chi connectivity index (χ1v) is 8.99. The van der Waals surface area contributed by atoms with Crippen molar-refractivity contribution in [2.24, 2.45) is 0 Å². The summed E-state index contributed by atoms with van der Waals surface area (Å²) in [5, 5.41) is 8.84. The van der Waals surface area contributed by atoms with Crippen LogP contribution in [0.1, 0.15) is 11.1 Å². The molecule has 0 saturated carbocycles. The van der Waals surface area contributed by atoms with Gasteiger partial charge in [0.15, 0.2) is 0 Å². The van der Waals surface area contributed by atoms with Gasteiger partial charge in [-0.05, 0) is 23.8 Å². The molecule has 1 N–H and O–H groups in total. The highest BCUT2D eigenvalue weighted by molar-refractivity contribution is 7.89. The van der Waals surface area contributed by atoms with E-state index in [1.54, 1.807) is 30.3 Å². The number of benzene rings is 2. The van der Waals surface area contributed by atoms with Gasteiger partial charge < -0.3 is 5.11 Å². The van der Waals surface area contributed by atoms with E-state index in [-0.39, 0.29) is 18.1 Å². The Bertz CT molecular complexity index is 826. The number of hydrogen-bond acceptors (Lipinski definition) is 3. The van der Waals surface area contributed by atoms with Crippen LogP contribution in [0.3, 0.4) is 0 Å². The van der Waals surface area contributed by atoms with Crippen molar-refractivity contribution in [2.45, 2.75) is 17.6 Å². The molecule has 0 aliphatic rings. The van der Waals surface area contributed by atoms with Crippen LogP contribution in [0, 0.1) is 0 Å². The maximum atomic E-state index is 12.9. The molecular weight excluding hydrogens is 379 g/mol. The van der Waals surface area contributed by atoms with Crippen molar-refractivity contribution in [1.82, 2.24) is 4.31 Å². The molecule has 0 atom stereocenters. The molecule has 0 fully saturated rings. The molecule has 25 heavy (non-hydrogen) atoms. The van der Waals surface area contributed by atoms with Crippen LogP contribution in [0.15, 0.2) is 53.4 Å². The van der Waals surface area contributed by atoms with Crippen molar-refractivity contribution in [3.63, 3.8) is 0 Å². The van der Waals surface area contributed by atoms with Crippen molar-refractivity contribution in [3.05, 3.63) is 64.7 Å². The smallest absolute Gasteiger partial charge is 0.395 e. The highest BCUT2D eigenvalue weighted by Crippen LogP contribution is 2.34. The number of alkyl halides is 3. The summed E-state index contributed by atoms with van der Waals surface area (Å²) in [6.45, 7) is -0.858. The predicted octanol–water partition coefficient (Wildman–Crippen LogP) is 3.54. The Kier molecular flexibility index (Phi) is 6.10. The second kappa shape index (κ2) is 7.74. The van der Waals surface area contributed by atoms with Crippen LogP contribution in [0.25, 0.3) is 0 Å². The summed E-state index contributed by atoms with van der Waals surface area (Å²) < 4.78 is 65.1. The van der Waals surface area contributed by atoms with E-state index in [0.29, 0.717) is 11.6 Å². The van der Waals surface area contributed by atoms with Crippen molar-refractivity contribution >= 4 is 21.6 Å². The minimum absolute atomic E-state index is 0.101. The summed E-state index contributed by atoms with van der Waals surface area (Å²) in [5.74, 6) is 0. The lowest BCUT2D eigenvalue weighted by Gasteiger charge is -2.22. The fourth-order valence-corrected chi connectivity index (χ4v) is 4.12. The van der Waals surface area contributed by atoms with Crippen LogP contribution >= 0.6 is 11.6 Å². The summed E-state index contributed by atoms with van der Waals surface area (Å²) in [5.41, 5.74) is -0.484. The summed E-state index contributed by atoms with van der Waals surface area (Å²) in [6.07, 6.45) is -4.70. The number of halogens is 4. The molecule has 0 saturated heterocycles. The quantitative estimate of drug-likeness (QED) is 0.816. The fraction of sp³-hybridized carbons (Fsp3) is 0.250. The lowest BCUT2D eigenvalue weighted by Crippen LogP contribution is -2.33. The molecule has 0 amide bonds. The van der Waals surface area contributed by atoms with E-state index in [2.05, 4.69) is 0 Å². The molecule has 2 aromatic carbocycles. The average molecular weight is 394 g/mol. The molecule has 0 aliphatic heterocycles. The summed E-state index contributed by atoms with van der Waals surface area (Å²) in [6, 6.07) is 10.6. The van der Waals surface area contributed by atoms with Gasteiger partial charge in [0.25, 0.3) is 0 Å². The minimum Gasteiger partial charge on any atom is -0.395 e. The highest BCUT2D eigenvalue weighted by Gasteiger charge is 2.34. The molecule has 0 aliphatic carbocycles. The van der Waals surface area contributed by atoms with Gasteiger partial charge in [0, 0.05) is 13.1 Å². The highest BCUT2D eigenvalue weighted by atomic mass is 35.5. The fourth-order valence-electron chi connectivity index (χ4n) is 2.20. The Morgan fingerprint density at radius 1 is 1.08 bits per heavy atom. The molecule has 0 radical (unpaired) electrons. The van der Waals surface area contributed by atoms with Gasteiger partial charge in [-0.1, -0.05) is 41.9 Å². The number of sulfonamides is 1. The summed E-state index contributed by atoms with van der Waals surface area (Å²) in [4.78, 5) is -0.645. The van der Waals surface area contributed by atoms with Gasteiger partial charge in [-0.15, -0.1) is 0 Å². The predicted molar refractivity (Wildman–Crippen MR) is 87.6 cm³/mol. The largest absolute Gasteiger partial charge is 0.416 e. The molecular formula is C16H15ClF3NO3S. The Morgan fingerprint density at radius 3 is 2.28 bits per heavy atom. The van der Waals surface area contributed by atoms with E-state index in [1.807, 2.05) is 0 Å². The maximum Gasteiger partial charge on any atom is 0.416 e. The molecule has 0 unspecified atom stereocenters. The van der Waals surface area contributed by atoms with E-state index in [4.69, 9.17) is 16.7 Å². The van der Waals surface area contributed by atoms with E-state index in [9.17, 15) is 21.6 Å². The van der Waals surface area contributed by atoms with Crippen LogP contribution in [-0.2, 0) is 22.7 Å². The van der Waals surface area contributed by atoms with Gasteiger partial charge in [0.1, 0.15) is 4.90 Å². The van der Waals surface area contributed by atoms with Crippen LogP contribution in [0.2, 0.25) is 5.02 Å². The summed E-state index contributed by atoms with van der Waals surface area (Å²) >= 11 is 5.84. The lowest BCUT2D eigenvalue weighted by molar-refractivity contribution is -0.137. The number of nitrogens with zero attached hydrogens (tertiary/aromatic N) is 1. The van der Waals surface area contributed by atoms with Crippen LogP contribution in [0.5, 0.6) is 0 Å². The number of rotatable bonds is 6. The van der Waals surface area contributed by atoms with E-state index >= 15 is 0 Å².